The van der Waals surface area contributed by atoms with E-state index in [1.165, 1.54) is 6.42 Å². The lowest BCUT2D eigenvalue weighted by molar-refractivity contribution is 0.0969. The molecule has 88 valence electrons. The van der Waals surface area contributed by atoms with Crippen molar-refractivity contribution >= 4 is 0 Å². The molecular formula is C12H23FN2. The minimum Gasteiger partial charge on any atom is -0.301 e. The van der Waals surface area contributed by atoms with Crippen molar-refractivity contribution in [1.82, 2.24) is 10.6 Å². The van der Waals surface area contributed by atoms with Crippen molar-refractivity contribution in [2.24, 2.45) is 17.8 Å². The summed E-state index contributed by atoms with van der Waals surface area (Å²) in [6.07, 6.45) is 2.71. The van der Waals surface area contributed by atoms with E-state index in [0.717, 1.165) is 25.9 Å². The lowest BCUT2D eigenvalue weighted by Gasteiger charge is -2.39. The SMILES string of the molecule is CC1CNC(C2CCC(C)C(F)C2)NC1. The fraction of sp³-hybridized carbons (Fsp3) is 1.00. The molecule has 1 heterocycles. The summed E-state index contributed by atoms with van der Waals surface area (Å²) < 4.78 is 13.6. The molecule has 1 aliphatic carbocycles. The van der Waals surface area contributed by atoms with Gasteiger partial charge in [0.15, 0.2) is 0 Å². The van der Waals surface area contributed by atoms with E-state index in [9.17, 15) is 4.39 Å². The summed E-state index contributed by atoms with van der Waals surface area (Å²) in [5.41, 5.74) is 0. The van der Waals surface area contributed by atoms with Crippen molar-refractivity contribution in [2.75, 3.05) is 13.1 Å². The molecule has 0 amide bonds. The van der Waals surface area contributed by atoms with Crippen LogP contribution in [0.3, 0.4) is 0 Å². The first kappa shape index (κ1) is 11.3. The summed E-state index contributed by atoms with van der Waals surface area (Å²) in [5, 5.41) is 6.99. The average Bonchev–Trinajstić information content (AvgIpc) is 2.23. The Morgan fingerprint density at radius 2 is 1.73 bits per heavy atom. The summed E-state index contributed by atoms with van der Waals surface area (Å²) >= 11 is 0. The van der Waals surface area contributed by atoms with Crippen molar-refractivity contribution in [3.05, 3.63) is 0 Å². The maximum absolute atomic E-state index is 13.6. The molecule has 0 spiro atoms. The second-order valence-corrected chi connectivity index (χ2v) is 5.47. The number of nitrogens with one attached hydrogen (secondary N) is 2. The van der Waals surface area contributed by atoms with Crippen molar-refractivity contribution in [3.63, 3.8) is 0 Å². The summed E-state index contributed by atoms with van der Waals surface area (Å²) in [7, 11) is 0. The Morgan fingerprint density at radius 3 is 2.33 bits per heavy atom. The molecule has 2 rings (SSSR count). The van der Waals surface area contributed by atoms with Crippen LogP contribution >= 0.6 is 0 Å². The molecule has 3 heteroatoms. The molecule has 2 nitrogen and oxygen atoms in total. The largest absolute Gasteiger partial charge is 0.301 e. The molecule has 0 aromatic carbocycles. The van der Waals surface area contributed by atoms with Crippen LogP contribution < -0.4 is 10.6 Å². The van der Waals surface area contributed by atoms with Crippen LogP contribution in [0, 0.1) is 17.8 Å². The normalized spacial score (nSPS) is 47.8. The van der Waals surface area contributed by atoms with Crippen LogP contribution in [0.15, 0.2) is 0 Å². The molecule has 3 atom stereocenters. The molecule has 0 radical (unpaired) electrons. The number of alkyl halides is 1. The molecule has 0 bridgehead atoms. The van der Waals surface area contributed by atoms with Gasteiger partial charge in [-0.3, -0.25) is 0 Å². The topological polar surface area (TPSA) is 24.1 Å². The second kappa shape index (κ2) is 4.79. The summed E-state index contributed by atoms with van der Waals surface area (Å²) in [6, 6.07) is 0. The maximum Gasteiger partial charge on any atom is 0.103 e. The van der Waals surface area contributed by atoms with E-state index in [1.807, 2.05) is 6.92 Å². The lowest BCUT2D eigenvalue weighted by Crippen LogP contribution is -2.56. The summed E-state index contributed by atoms with van der Waals surface area (Å²) in [5.74, 6) is 1.46. The van der Waals surface area contributed by atoms with E-state index < -0.39 is 6.17 Å². The lowest BCUT2D eigenvalue weighted by atomic mass is 9.79. The predicted molar refractivity (Wildman–Crippen MR) is 60.4 cm³/mol. The van der Waals surface area contributed by atoms with Crippen LogP contribution in [0.2, 0.25) is 0 Å². The Bertz CT molecular complexity index is 202. The molecule has 0 aromatic heterocycles. The van der Waals surface area contributed by atoms with Crippen LogP contribution in [-0.2, 0) is 0 Å². The first-order valence-corrected chi connectivity index (χ1v) is 6.27. The number of hydrogen-bond acceptors (Lipinski definition) is 2. The van der Waals surface area contributed by atoms with Gasteiger partial charge < -0.3 is 10.6 Å². The first-order chi connectivity index (χ1) is 7.16. The summed E-state index contributed by atoms with van der Waals surface area (Å²) in [6.45, 7) is 6.41. The van der Waals surface area contributed by atoms with Crippen LogP contribution in [0.5, 0.6) is 0 Å². The summed E-state index contributed by atoms with van der Waals surface area (Å²) in [4.78, 5) is 0. The van der Waals surface area contributed by atoms with Crippen LogP contribution in [0.1, 0.15) is 33.1 Å². The van der Waals surface area contributed by atoms with Gasteiger partial charge in [-0.25, -0.2) is 4.39 Å². The van der Waals surface area contributed by atoms with Gasteiger partial charge in [-0.1, -0.05) is 13.8 Å². The van der Waals surface area contributed by atoms with Crippen LogP contribution in [0.4, 0.5) is 4.39 Å². The molecule has 2 aliphatic rings. The van der Waals surface area contributed by atoms with E-state index in [1.54, 1.807) is 0 Å². The molecule has 15 heavy (non-hydrogen) atoms. The highest BCUT2D eigenvalue weighted by Gasteiger charge is 2.33. The zero-order valence-corrected chi connectivity index (χ0v) is 9.80. The molecule has 1 saturated carbocycles. The van der Waals surface area contributed by atoms with Gasteiger partial charge >= 0.3 is 0 Å². The highest BCUT2D eigenvalue weighted by Crippen LogP contribution is 2.32. The molecule has 1 aliphatic heterocycles. The molecular weight excluding hydrogens is 191 g/mol. The van der Waals surface area contributed by atoms with E-state index in [0.29, 0.717) is 18.0 Å². The molecule has 1 saturated heterocycles. The fourth-order valence-corrected chi connectivity index (χ4v) is 2.73. The third-order valence-electron chi connectivity index (χ3n) is 3.98. The number of rotatable bonds is 1. The van der Waals surface area contributed by atoms with Crippen molar-refractivity contribution in [3.8, 4) is 0 Å². The molecule has 2 fully saturated rings. The van der Waals surface area contributed by atoms with E-state index in [2.05, 4.69) is 17.6 Å². The molecule has 2 N–H and O–H groups in total. The predicted octanol–water partition coefficient (Wildman–Crippen LogP) is 1.92. The first-order valence-electron chi connectivity index (χ1n) is 6.27. The van der Waals surface area contributed by atoms with Crippen LogP contribution in [0.25, 0.3) is 0 Å². The van der Waals surface area contributed by atoms with Gasteiger partial charge in [-0.15, -0.1) is 0 Å². The quantitative estimate of drug-likeness (QED) is 0.697. The van der Waals surface area contributed by atoms with Crippen molar-refractivity contribution in [2.45, 2.75) is 45.4 Å². The minimum absolute atomic E-state index is 0.267. The highest BCUT2D eigenvalue weighted by atomic mass is 19.1. The monoisotopic (exact) mass is 214 g/mol. The molecule has 3 unspecified atom stereocenters. The number of hydrogen-bond donors (Lipinski definition) is 2. The van der Waals surface area contributed by atoms with Crippen molar-refractivity contribution < 1.29 is 4.39 Å². The van der Waals surface area contributed by atoms with E-state index >= 15 is 0 Å². The second-order valence-electron chi connectivity index (χ2n) is 5.47. The third-order valence-corrected chi connectivity index (χ3v) is 3.98. The Morgan fingerprint density at radius 1 is 1.07 bits per heavy atom. The Balaban J connectivity index is 1.84. The Kier molecular flexibility index (Phi) is 3.62. The molecule has 0 aromatic rings. The third kappa shape index (κ3) is 2.70. The van der Waals surface area contributed by atoms with Gasteiger partial charge in [0.25, 0.3) is 0 Å². The number of halogens is 1. The highest BCUT2D eigenvalue weighted by molar-refractivity contribution is 4.86. The Labute approximate surface area is 92.0 Å². The average molecular weight is 214 g/mol. The van der Waals surface area contributed by atoms with Gasteiger partial charge in [0.05, 0.1) is 6.17 Å². The van der Waals surface area contributed by atoms with Gasteiger partial charge in [0, 0.05) is 13.1 Å². The minimum atomic E-state index is -0.591. The van der Waals surface area contributed by atoms with Crippen molar-refractivity contribution in [1.29, 1.82) is 0 Å². The van der Waals surface area contributed by atoms with Gasteiger partial charge in [-0.05, 0) is 37.0 Å². The van der Waals surface area contributed by atoms with Gasteiger partial charge in [0.2, 0.25) is 0 Å². The Hall–Kier alpha value is -0.150. The van der Waals surface area contributed by atoms with Crippen LogP contribution in [-0.4, -0.2) is 25.4 Å². The smallest absolute Gasteiger partial charge is 0.103 e. The van der Waals surface area contributed by atoms with E-state index in [4.69, 9.17) is 0 Å². The fourth-order valence-electron chi connectivity index (χ4n) is 2.73. The zero-order chi connectivity index (χ0) is 10.8. The van der Waals surface area contributed by atoms with Gasteiger partial charge in [-0.2, -0.15) is 0 Å². The maximum atomic E-state index is 13.6. The zero-order valence-electron chi connectivity index (χ0n) is 9.80. The van der Waals surface area contributed by atoms with E-state index in [-0.39, 0.29) is 5.92 Å². The standard InChI is InChI=1S/C12H23FN2/c1-8-6-14-12(15-7-8)10-4-3-9(2)11(13)5-10/h8-12,14-15H,3-7H2,1-2H3. The van der Waals surface area contributed by atoms with Gasteiger partial charge in [0.1, 0.15) is 6.17 Å².